The molecule has 8 heteroatoms. The first-order chi connectivity index (χ1) is 14.3. The van der Waals surface area contributed by atoms with Gasteiger partial charge in [-0.3, -0.25) is 14.9 Å². The van der Waals surface area contributed by atoms with Gasteiger partial charge >= 0.3 is 0 Å². The number of carbonyl (C=O) groups excluding carboxylic acids is 1. The van der Waals surface area contributed by atoms with Crippen molar-refractivity contribution in [3.05, 3.63) is 92.8 Å². The van der Waals surface area contributed by atoms with Crippen molar-refractivity contribution in [1.82, 2.24) is 9.99 Å². The van der Waals surface area contributed by atoms with Crippen LogP contribution in [0.25, 0.3) is 5.69 Å². The summed E-state index contributed by atoms with van der Waals surface area (Å²) in [6, 6.07) is 15.2. The molecule has 0 bridgehead atoms. The summed E-state index contributed by atoms with van der Waals surface area (Å²) in [5, 5.41) is 25.2. The second-order valence-corrected chi connectivity index (χ2v) is 6.94. The fraction of sp³-hybridized carbons (Fsp3) is 0.182. The van der Waals surface area contributed by atoms with E-state index in [0.717, 1.165) is 22.5 Å². The third kappa shape index (κ3) is 4.28. The number of nitrogens with one attached hydrogen (secondary N) is 1. The Kier molecular flexibility index (Phi) is 6.08. The number of nitro groups is 1. The number of aliphatic hydroxyl groups is 1. The zero-order chi connectivity index (χ0) is 21.8. The van der Waals surface area contributed by atoms with Crippen molar-refractivity contribution in [2.24, 2.45) is 5.10 Å². The molecular weight excluding hydrogens is 384 g/mol. The van der Waals surface area contributed by atoms with E-state index in [-0.39, 0.29) is 5.69 Å². The van der Waals surface area contributed by atoms with Crippen LogP contribution >= 0.6 is 0 Å². The maximum Gasteiger partial charge on any atom is 0.273 e. The van der Waals surface area contributed by atoms with E-state index >= 15 is 0 Å². The molecule has 1 heterocycles. The lowest BCUT2D eigenvalue weighted by molar-refractivity contribution is -0.384. The molecule has 30 heavy (non-hydrogen) atoms. The van der Waals surface area contributed by atoms with Crippen LogP contribution in [-0.2, 0) is 4.79 Å². The van der Waals surface area contributed by atoms with Gasteiger partial charge in [0.25, 0.3) is 11.6 Å². The first kappa shape index (κ1) is 20.9. The van der Waals surface area contributed by atoms with E-state index in [2.05, 4.69) is 10.5 Å². The molecule has 154 valence electrons. The Morgan fingerprint density at radius 3 is 2.53 bits per heavy atom. The molecule has 2 aromatic carbocycles. The third-order valence-corrected chi connectivity index (χ3v) is 4.86. The van der Waals surface area contributed by atoms with Gasteiger partial charge in [0.1, 0.15) is 0 Å². The van der Waals surface area contributed by atoms with Gasteiger partial charge in [0.05, 0.1) is 16.8 Å². The van der Waals surface area contributed by atoms with E-state index in [0.29, 0.717) is 11.3 Å². The number of rotatable bonds is 6. The molecule has 2 N–H and O–H groups in total. The molecule has 1 aromatic heterocycles. The van der Waals surface area contributed by atoms with Crippen molar-refractivity contribution in [1.29, 1.82) is 0 Å². The standard InChI is InChI=1S/C22H22N4O4/c1-14-9-10-19(26(29)30)12-20(14)25-15(2)11-18(16(25)3)13-23-24-22(28)21(27)17-7-5-4-6-8-17/h4-13,21,27H,1-3H3,(H,24,28)/b23-13-/t21-/m0/s1. The van der Waals surface area contributed by atoms with Crippen molar-refractivity contribution in [3.63, 3.8) is 0 Å². The summed E-state index contributed by atoms with van der Waals surface area (Å²) >= 11 is 0. The van der Waals surface area contributed by atoms with Crippen molar-refractivity contribution in [3.8, 4) is 5.69 Å². The second-order valence-electron chi connectivity index (χ2n) is 6.94. The van der Waals surface area contributed by atoms with Crippen molar-refractivity contribution in [2.75, 3.05) is 0 Å². The quantitative estimate of drug-likeness (QED) is 0.371. The Balaban J connectivity index is 1.82. The Bertz CT molecular complexity index is 1120. The highest BCUT2D eigenvalue weighted by atomic mass is 16.6. The molecular formula is C22H22N4O4. The predicted octanol–water partition coefficient (Wildman–Crippen LogP) is 3.49. The number of hydrogen-bond donors (Lipinski definition) is 2. The number of hydrogen-bond acceptors (Lipinski definition) is 5. The van der Waals surface area contributed by atoms with E-state index in [1.54, 1.807) is 36.4 Å². The summed E-state index contributed by atoms with van der Waals surface area (Å²) in [6.45, 7) is 5.64. The molecule has 3 rings (SSSR count). The largest absolute Gasteiger partial charge is 0.378 e. The number of nitro benzene ring substituents is 1. The highest BCUT2D eigenvalue weighted by Gasteiger charge is 2.17. The van der Waals surface area contributed by atoms with Gasteiger partial charge in [-0.15, -0.1) is 0 Å². The lowest BCUT2D eigenvalue weighted by Gasteiger charge is -2.12. The summed E-state index contributed by atoms with van der Waals surface area (Å²) in [4.78, 5) is 22.8. The van der Waals surface area contributed by atoms with Crippen LogP contribution in [0, 0.1) is 30.9 Å². The van der Waals surface area contributed by atoms with Crippen molar-refractivity contribution in [2.45, 2.75) is 26.9 Å². The predicted molar refractivity (Wildman–Crippen MR) is 114 cm³/mol. The first-order valence-electron chi connectivity index (χ1n) is 9.30. The average Bonchev–Trinajstić information content (AvgIpc) is 3.01. The summed E-state index contributed by atoms with van der Waals surface area (Å²) < 4.78 is 1.91. The molecule has 0 radical (unpaired) electrons. The summed E-state index contributed by atoms with van der Waals surface area (Å²) in [6.07, 6.45) is 0.171. The molecule has 0 fully saturated rings. The highest BCUT2D eigenvalue weighted by Crippen LogP contribution is 2.26. The fourth-order valence-electron chi connectivity index (χ4n) is 3.25. The number of carbonyl (C=O) groups is 1. The number of nitrogens with zero attached hydrogens (tertiary/aromatic N) is 3. The smallest absolute Gasteiger partial charge is 0.273 e. The second kappa shape index (κ2) is 8.71. The Morgan fingerprint density at radius 2 is 1.87 bits per heavy atom. The fourth-order valence-corrected chi connectivity index (χ4v) is 3.25. The lowest BCUT2D eigenvalue weighted by Crippen LogP contribution is -2.25. The van der Waals surface area contributed by atoms with Gasteiger partial charge in [-0.2, -0.15) is 5.10 Å². The van der Waals surface area contributed by atoms with Crippen LogP contribution in [0.3, 0.4) is 0 Å². The average molecular weight is 406 g/mol. The summed E-state index contributed by atoms with van der Waals surface area (Å²) in [5.74, 6) is -0.638. The molecule has 0 aliphatic carbocycles. The number of hydrazone groups is 1. The zero-order valence-corrected chi connectivity index (χ0v) is 16.9. The summed E-state index contributed by atoms with van der Waals surface area (Å²) in [5.41, 5.74) is 6.87. The van der Waals surface area contributed by atoms with E-state index in [1.807, 2.05) is 31.4 Å². The Labute approximate surface area is 173 Å². The van der Waals surface area contributed by atoms with Crippen LogP contribution in [-0.4, -0.2) is 26.7 Å². The van der Waals surface area contributed by atoms with E-state index in [1.165, 1.54) is 18.3 Å². The number of aryl methyl sites for hydroxylation is 2. The zero-order valence-electron chi connectivity index (χ0n) is 16.9. The molecule has 3 aromatic rings. The van der Waals surface area contributed by atoms with Gasteiger partial charge in [0.15, 0.2) is 6.10 Å². The molecule has 0 unspecified atom stereocenters. The van der Waals surface area contributed by atoms with Crippen LogP contribution in [0.4, 0.5) is 5.69 Å². The van der Waals surface area contributed by atoms with Crippen molar-refractivity contribution >= 4 is 17.8 Å². The monoisotopic (exact) mass is 406 g/mol. The third-order valence-electron chi connectivity index (χ3n) is 4.86. The van der Waals surface area contributed by atoms with Gasteiger partial charge in [-0.05, 0) is 38.0 Å². The number of non-ortho nitro benzene ring substituents is 1. The van der Waals surface area contributed by atoms with Gasteiger partial charge in [-0.1, -0.05) is 36.4 Å². The Hall–Kier alpha value is -3.78. The number of aromatic nitrogens is 1. The maximum absolute atomic E-state index is 12.1. The highest BCUT2D eigenvalue weighted by molar-refractivity contribution is 5.86. The van der Waals surface area contributed by atoms with Crippen LogP contribution in [0.15, 0.2) is 59.7 Å². The molecule has 0 aliphatic rings. The number of aliphatic hydroxyl groups excluding tert-OH is 1. The Morgan fingerprint density at radius 1 is 1.17 bits per heavy atom. The van der Waals surface area contributed by atoms with Crippen molar-refractivity contribution < 1.29 is 14.8 Å². The molecule has 8 nitrogen and oxygen atoms in total. The van der Waals surface area contributed by atoms with Crippen LogP contribution < -0.4 is 5.43 Å². The normalized spacial score (nSPS) is 12.1. The number of benzene rings is 2. The molecule has 1 atom stereocenters. The van der Waals surface area contributed by atoms with Gasteiger partial charge in [0, 0.05) is 29.1 Å². The van der Waals surface area contributed by atoms with E-state index in [9.17, 15) is 20.0 Å². The summed E-state index contributed by atoms with van der Waals surface area (Å²) in [7, 11) is 0. The van der Waals surface area contributed by atoms with Gasteiger partial charge in [0.2, 0.25) is 0 Å². The van der Waals surface area contributed by atoms with Crippen LogP contribution in [0.5, 0.6) is 0 Å². The van der Waals surface area contributed by atoms with Gasteiger partial charge in [-0.25, -0.2) is 5.43 Å². The lowest BCUT2D eigenvalue weighted by atomic mass is 10.1. The van der Waals surface area contributed by atoms with Crippen LogP contribution in [0.1, 0.15) is 34.2 Å². The maximum atomic E-state index is 12.1. The molecule has 1 amide bonds. The minimum absolute atomic E-state index is 0.0143. The molecule has 0 saturated carbocycles. The SMILES string of the molecule is Cc1ccc([N+](=O)[O-])cc1-n1c(C)cc(/C=N\NC(=O)[C@@H](O)c2ccccc2)c1C. The first-order valence-corrected chi connectivity index (χ1v) is 9.30. The minimum Gasteiger partial charge on any atom is -0.378 e. The number of amides is 1. The molecule has 0 aliphatic heterocycles. The minimum atomic E-state index is -1.32. The van der Waals surface area contributed by atoms with Gasteiger partial charge < -0.3 is 9.67 Å². The topological polar surface area (TPSA) is 110 Å². The molecule has 0 spiro atoms. The van der Waals surface area contributed by atoms with E-state index < -0.39 is 16.9 Å². The van der Waals surface area contributed by atoms with E-state index in [4.69, 9.17) is 0 Å². The molecule has 0 saturated heterocycles. The van der Waals surface area contributed by atoms with Crippen LogP contribution in [0.2, 0.25) is 0 Å².